The fourth-order valence-electron chi connectivity index (χ4n) is 1.16. The van der Waals surface area contributed by atoms with E-state index in [9.17, 15) is 4.79 Å². The molecule has 6 nitrogen and oxygen atoms in total. The van der Waals surface area contributed by atoms with Crippen molar-refractivity contribution in [1.29, 1.82) is 5.26 Å². The first-order chi connectivity index (χ1) is 7.63. The van der Waals surface area contributed by atoms with E-state index in [0.717, 1.165) is 0 Å². The molecule has 0 aromatic carbocycles. The van der Waals surface area contributed by atoms with Gasteiger partial charge in [-0.3, -0.25) is 4.79 Å². The Morgan fingerprint density at radius 1 is 1.69 bits per heavy atom. The van der Waals surface area contributed by atoms with E-state index in [-0.39, 0.29) is 6.42 Å². The van der Waals surface area contributed by atoms with Crippen LogP contribution in [0.15, 0.2) is 12.3 Å². The van der Waals surface area contributed by atoms with Gasteiger partial charge in [-0.05, 0) is 12.5 Å². The van der Waals surface area contributed by atoms with E-state index < -0.39 is 5.97 Å². The molecule has 0 aliphatic rings. The number of rotatable bonds is 5. The highest BCUT2D eigenvalue weighted by Crippen LogP contribution is 2.06. The number of hydrogen-bond donors (Lipinski definition) is 1. The Morgan fingerprint density at radius 2 is 2.44 bits per heavy atom. The second kappa shape index (κ2) is 5.66. The molecule has 1 heterocycles. The Kier molecular flexibility index (Phi) is 4.21. The van der Waals surface area contributed by atoms with Crippen LogP contribution in [0.4, 0.5) is 5.95 Å². The highest BCUT2D eigenvalue weighted by molar-refractivity contribution is 5.66. The van der Waals surface area contributed by atoms with Crippen LogP contribution >= 0.6 is 0 Å². The van der Waals surface area contributed by atoms with Crippen molar-refractivity contribution in [1.82, 2.24) is 9.97 Å². The molecular formula is C10H12N4O2. The molecule has 1 rings (SSSR count). The molecule has 1 N–H and O–H groups in total. The van der Waals surface area contributed by atoms with Crippen molar-refractivity contribution in [2.75, 3.05) is 18.5 Å². The molecule has 0 radical (unpaired) electrons. The van der Waals surface area contributed by atoms with Crippen LogP contribution in [-0.4, -0.2) is 34.6 Å². The molecule has 16 heavy (non-hydrogen) atoms. The van der Waals surface area contributed by atoms with E-state index >= 15 is 0 Å². The standard InChI is InChI=1S/C10H12N4O2/c1-14(6-2-3-9(15)16)10-12-5-4-8(7-11)13-10/h4-5H,2-3,6H2,1H3,(H,15,16). The number of aromatic nitrogens is 2. The van der Waals surface area contributed by atoms with Gasteiger partial charge in [0, 0.05) is 26.2 Å². The predicted octanol–water partition coefficient (Wildman–Crippen LogP) is 0.649. The van der Waals surface area contributed by atoms with Gasteiger partial charge in [-0.15, -0.1) is 0 Å². The van der Waals surface area contributed by atoms with E-state index in [1.165, 1.54) is 12.3 Å². The Bertz CT molecular complexity index is 414. The summed E-state index contributed by atoms with van der Waals surface area (Å²) in [6.07, 6.45) is 2.14. The summed E-state index contributed by atoms with van der Waals surface area (Å²) in [5, 5.41) is 17.1. The van der Waals surface area contributed by atoms with Gasteiger partial charge in [-0.25, -0.2) is 9.97 Å². The van der Waals surface area contributed by atoms with Crippen molar-refractivity contribution in [3.63, 3.8) is 0 Å². The smallest absolute Gasteiger partial charge is 0.303 e. The van der Waals surface area contributed by atoms with Crippen LogP contribution in [0.3, 0.4) is 0 Å². The van der Waals surface area contributed by atoms with Crippen LogP contribution in [0, 0.1) is 11.3 Å². The van der Waals surface area contributed by atoms with Crippen molar-refractivity contribution < 1.29 is 9.90 Å². The van der Waals surface area contributed by atoms with E-state index in [0.29, 0.717) is 24.6 Å². The molecule has 0 spiro atoms. The topological polar surface area (TPSA) is 90.1 Å². The number of aliphatic carboxylic acids is 1. The molecule has 0 aliphatic heterocycles. The molecule has 1 aromatic rings. The summed E-state index contributed by atoms with van der Waals surface area (Å²) in [5.74, 6) is -0.385. The minimum atomic E-state index is -0.819. The van der Waals surface area contributed by atoms with Gasteiger partial charge >= 0.3 is 5.97 Å². The third kappa shape index (κ3) is 3.53. The average Bonchev–Trinajstić information content (AvgIpc) is 2.28. The molecule has 1 aromatic heterocycles. The lowest BCUT2D eigenvalue weighted by Gasteiger charge is -2.15. The molecule has 0 amide bonds. The lowest BCUT2D eigenvalue weighted by atomic mass is 10.3. The number of carboxylic acid groups (broad SMARTS) is 1. The Morgan fingerprint density at radius 3 is 3.06 bits per heavy atom. The van der Waals surface area contributed by atoms with Crippen LogP contribution in [0.25, 0.3) is 0 Å². The van der Waals surface area contributed by atoms with E-state index in [1.54, 1.807) is 11.9 Å². The van der Waals surface area contributed by atoms with Crippen LogP contribution in [-0.2, 0) is 4.79 Å². The number of hydrogen-bond acceptors (Lipinski definition) is 5. The van der Waals surface area contributed by atoms with E-state index in [2.05, 4.69) is 9.97 Å². The van der Waals surface area contributed by atoms with Gasteiger partial charge in [0.05, 0.1) is 0 Å². The fraction of sp³-hybridized carbons (Fsp3) is 0.400. The van der Waals surface area contributed by atoms with Gasteiger partial charge in [0.2, 0.25) is 5.95 Å². The summed E-state index contributed by atoms with van der Waals surface area (Å²) >= 11 is 0. The summed E-state index contributed by atoms with van der Waals surface area (Å²) in [6, 6.07) is 3.45. The maximum absolute atomic E-state index is 10.3. The van der Waals surface area contributed by atoms with Crippen LogP contribution < -0.4 is 4.90 Å². The first kappa shape index (κ1) is 11.9. The summed E-state index contributed by atoms with van der Waals surface area (Å²) in [7, 11) is 1.76. The Labute approximate surface area is 93.2 Å². The Hall–Kier alpha value is -2.16. The first-order valence-corrected chi connectivity index (χ1v) is 4.79. The normalized spacial score (nSPS) is 9.50. The molecule has 0 fully saturated rings. The van der Waals surface area contributed by atoms with Gasteiger partial charge in [-0.2, -0.15) is 5.26 Å². The van der Waals surface area contributed by atoms with Crippen molar-refractivity contribution in [2.45, 2.75) is 12.8 Å². The molecule has 0 bridgehead atoms. The van der Waals surface area contributed by atoms with Gasteiger partial charge in [-0.1, -0.05) is 0 Å². The quantitative estimate of drug-likeness (QED) is 0.783. The third-order valence-corrected chi connectivity index (χ3v) is 1.98. The zero-order chi connectivity index (χ0) is 12.0. The largest absolute Gasteiger partial charge is 0.481 e. The molecule has 0 unspecified atom stereocenters. The highest BCUT2D eigenvalue weighted by atomic mass is 16.4. The van der Waals surface area contributed by atoms with Crippen molar-refractivity contribution in [3.05, 3.63) is 18.0 Å². The van der Waals surface area contributed by atoms with Crippen molar-refractivity contribution in [2.24, 2.45) is 0 Å². The van der Waals surface area contributed by atoms with Crippen molar-refractivity contribution >= 4 is 11.9 Å². The molecule has 0 saturated carbocycles. The van der Waals surface area contributed by atoms with Gasteiger partial charge in [0.25, 0.3) is 0 Å². The molecule has 6 heteroatoms. The number of anilines is 1. The highest BCUT2D eigenvalue weighted by Gasteiger charge is 2.05. The fourth-order valence-corrected chi connectivity index (χ4v) is 1.16. The van der Waals surface area contributed by atoms with Gasteiger partial charge < -0.3 is 10.0 Å². The number of nitrogens with zero attached hydrogens (tertiary/aromatic N) is 4. The molecule has 0 atom stereocenters. The van der Waals surface area contributed by atoms with E-state index in [1.807, 2.05) is 6.07 Å². The second-order valence-corrected chi connectivity index (χ2v) is 3.27. The zero-order valence-corrected chi connectivity index (χ0v) is 8.92. The number of carbonyl (C=O) groups is 1. The number of carboxylic acids is 1. The summed E-state index contributed by atoms with van der Waals surface area (Å²) in [5.41, 5.74) is 0.301. The maximum atomic E-state index is 10.3. The monoisotopic (exact) mass is 220 g/mol. The van der Waals surface area contributed by atoms with Gasteiger partial charge in [0.15, 0.2) is 0 Å². The third-order valence-electron chi connectivity index (χ3n) is 1.98. The number of nitriles is 1. The average molecular weight is 220 g/mol. The molecular weight excluding hydrogens is 208 g/mol. The van der Waals surface area contributed by atoms with Gasteiger partial charge in [0.1, 0.15) is 11.8 Å². The molecule has 0 saturated heterocycles. The maximum Gasteiger partial charge on any atom is 0.303 e. The van der Waals surface area contributed by atoms with E-state index in [4.69, 9.17) is 10.4 Å². The molecule has 0 aliphatic carbocycles. The van der Waals surface area contributed by atoms with Crippen LogP contribution in [0.1, 0.15) is 18.5 Å². The lowest BCUT2D eigenvalue weighted by Crippen LogP contribution is -2.21. The summed E-state index contributed by atoms with van der Waals surface area (Å²) < 4.78 is 0. The Balaban J connectivity index is 2.55. The van der Waals surface area contributed by atoms with Crippen molar-refractivity contribution in [3.8, 4) is 6.07 Å². The lowest BCUT2D eigenvalue weighted by molar-refractivity contribution is -0.137. The zero-order valence-electron chi connectivity index (χ0n) is 8.92. The van der Waals surface area contributed by atoms with Crippen LogP contribution in [0.2, 0.25) is 0 Å². The molecule has 84 valence electrons. The van der Waals surface area contributed by atoms with Crippen LogP contribution in [0.5, 0.6) is 0 Å². The predicted molar refractivity (Wildman–Crippen MR) is 56.9 cm³/mol. The SMILES string of the molecule is CN(CCCC(=O)O)c1nccc(C#N)n1. The summed E-state index contributed by atoms with van der Waals surface area (Å²) in [6.45, 7) is 0.543. The minimum absolute atomic E-state index is 0.113. The second-order valence-electron chi connectivity index (χ2n) is 3.27. The first-order valence-electron chi connectivity index (χ1n) is 4.79. The minimum Gasteiger partial charge on any atom is -0.481 e. The summed E-state index contributed by atoms with van der Waals surface area (Å²) in [4.78, 5) is 20.0.